The lowest BCUT2D eigenvalue weighted by molar-refractivity contribution is 0.0145. The fraction of sp³-hybridized carbons (Fsp3) is 1.00. The summed E-state index contributed by atoms with van der Waals surface area (Å²) >= 11 is 0. The third-order valence-corrected chi connectivity index (χ3v) is 6.13. The third-order valence-electron chi connectivity index (χ3n) is 6.13. The molecule has 19 heavy (non-hydrogen) atoms. The van der Waals surface area contributed by atoms with Crippen LogP contribution in [0.15, 0.2) is 0 Å². The molecule has 0 aromatic rings. The van der Waals surface area contributed by atoms with Gasteiger partial charge in [0.05, 0.1) is 6.10 Å². The summed E-state index contributed by atoms with van der Waals surface area (Å²) in [6.07, 6.45) is 4.02. The van der Waals surface area contributed by atoms with Crippen LogP contribution in [0.5, 0.6) is 0 Å². The smallest absolute Gasteiger partial charge is 0.0702 e. The highest BCUT2D eigenvalue weighted by Gasteiger charge is 2.42. The molecular formula is C16H32N2O. The minimum Gasteiger partial charge on any atom is -0.377 e. The predicted molar refractivity (Wildman–Crippen MR) is 80.1 cm³/mol. The Balaban J connectivity index is 1.98. The highest BCUT2D eigenvalue weighted by atomic mass is 16.5. The number of nitrogens with two attached hydrogens (primary N) is 1. The van der Waals surface area contributed by atoms with Gasteiger partial charge < -0.3 is 15.4 Å². The summed E-state index contributed by atoms with van der Waals surface area (Å²) in [5.41, 5.74) is 6.60. The van der Waals surface area contributed by atoms with Gasteiger partial charge in [0, 0.05) is 25.2 Å². The first-order valence-corrected chi connectivity index (χ1v) is 7.91. The van der Waals surface area contributed by atoms with Crippen molar-refractivity contribution in [3.8, 4) is 0 Å². The maximum atomic E-state index is 6.26. The van der Waals surface area contributed by atoms with E-state index in [2.05, 4.69) is 39.6 Å². The van der Waals surface area contributed by atoms with Crippen molar-refractivity contribution in [1.29, 1.82) is 0 Å². The normalized spacial score (nSPS) is 42.8. The first kappa shape index (κ1) is 15.3. The molecule has 0 radical (unpaired) electrons. The summed E-state index contributed by atoms with van der Waals surface area (Å²) in [6.45, 7) is 11.5. The van der Waals surface area contributed by atoms with Crippen molar-refractivity contribution in [2.24, 2.45) is 23.0 Å². The molecule has 1 heterocycles. The SMILES string of the molecule is CC1OCCC1N(C)CC1CCC(N)C(C)C1(C)C. The van der Waals surface area contributed by atoms with Gasteiger partial charge in [-0.05, 0) is 50.5 Å². The molecule has 2 rings (SSSR count). The summed E-state index contributed by atoms with van der Waals surface area (Å²) in [6, 6.07) is 0.979. The van der Waals surface area contributed by atoms with Crippen LogP contribution in [0.25, 0.3) is 0 Å². The number of ether oxygens (including phenoxy) is 1. The molecular weight excluding hydrogens is 236 g/mol. The highest BCUT2D eigenvalue weighted by molar-refractivity contribution is 4.95. The Morgan fingerprint density at radius 1 is 1.21 bits per heavy atom. The van der Waals surface area contributed by atoms with E-state index in [0.29, 0.717) is 29.5 Å². The number of hydrogen-bond donors (Lipinski definition) is 1. The molecule has 112 valence electrons. The zero-order chi connectivity index (χ0) is 14.2. The molecule has 1 aliphatic heterocycles. The molecule has 2 aliphatic rings. The van der Waals surface area contributed by atoms with Gasteiger partial charge in [-0.25, -0.2) is 0 Å². The monoisotopic (exact) mass is 268 g/mol. The van der Waals surface area contributed by atoms with Gasteiger partial charge in [-0.1, -0.05) is 20.8 Å². The van der Waals surface area contributed by atoms with E-state index in [4.69, 9.17) is 10.5 Å². The van der Waals surface area contributed by atoms with Gasteiger partial charge in [-0.2, -0.15) is 0 Å². The van der Waals surface area contributed by atoms with E-state index in [1.165, 1.54) is 25.8 Å². The second-order valence-corrected chi connectivity index (χ2v) is 7.42. The zero-order valence-electron chi connectivity index (χ0n) is 13.4. The second-order valence-electron chi connectivity index (χ2n) is 7.42. The van der Waals surface area contributed by atoms with Crippen LogP contribution < -0.4 is 5.73 Å². The third kappa shape index (κ3) is 2.98. The van der Waals surface area contributed by atoms with Crippen molar-refractivity contribution in [3.63, 3.8) is 0 Å². The van der Waals surface area contributed by atoms with Gasteiger partial charge >= 0.3 is 0 Å². The molecule has 0 aromatic heterocycles. The first-order chi connectivity index (χ1) is 8.84. The molecule has 1 aliphatic carbocycles. The first-order valence-electron chi connectivity index (χ1n) is 7.91. The lowest BCUT2D eigenvalue weighted by Crippen LogP contribution is -2.51. The summed E-state index contributed by atoms with van der Waals surface area (Å²) < 4.78 is 5.70. The lowest BCUT2D eigenvalue weighted by Gasteiger charge is -2.48. The van der Waals surface area contributed by atoms with Crippen molar-refractivity contribution in [1.82, 2.24) is 4.90 Å². The lowest BCUT2D eigenvalue weighted by atomic mass is 9.61. The summed E-state index contributed by atoms with van der Waals surface area (Å²) in [7, 11) is 2.27. The zero-order valence-corrected chi connectivity index (χ0v) is 13.4. The molecule has 0 aromatic carbocycles. The van der Waals surface area contributed by atoms with Gasteiger partial charge in [-0.3, -0.25) is 0 Å². The van der Waals surface area contributed by atoms with Crippen molar-refractivity contribution < 1.29 is 4.74 Å². The van der Waals surface area contributed by atoms with Crippen LogP contribution in [0.2, 0.25) is 0 Å². The topological polar surface area (TPSA) is 38.5 Å². The largest absolute Gasteiger partial charge is 0.377 e. The minimum atomic E-state index is 0.342. The Kier molecular flexibility index (Phi) is 4.59. The van der Waals surface area contributed by atoms with Crippen LogP contribution in [0.4, 0.5) is 0 Å². The standard InChI is InChI=1S/C16H32N2O/c1-11-14(17)7-6-13(16(11,3)4)10-18(5)15-8-9-19-12(15)2/h11-15H,6-10,17H2,1-5H3. The molecule has 3 heteroatoms. The fourth-order valence-corrected chi connectivity index (χ4v) is 4.05. The van der Waals surface area contributed by atoms with Gasteiger partial charge in [-0.15, -0.1) is 0 Å². The molecule has 2 fully saturated rings. The van der Waals surface area contributed by atoms with E-state index >= 15 is 0 Å². The predicted octanol–water partition coefficient (Wildman–Crippen LogP) is 2.50. The summed E-state index contributed by atoms with van der Waals surface area (Å²) in [5, 5.41) is 0. The van der Waals surface area contributed by atoms with Gasteiger partial charge in [0.1, 0.15) is 0 Å². The maximum Gasteiger partial charge on any atom is 0.0702 e. The van der Waals surface area contributed by atoms with Gasteiger partial charge in [0.15, 0.2) is 0 Å². The van der Waals surface area contributed by atoms with Gasteiger partial charge in [0.2, 0.25) is 0 Å². The Morgan fingerprint density at radius 3 is 2.47 bits per heavy atom. The molecule has 0 bridgehead atoms. The quantitative estimate of drug-likeness (QED) is 0.854. The average molecular weight is 268 g/mol. The average Bonchev–Trinajstić information content (AvgIpc) is 2.77. The molecule has 2 N–H and O–H groups in total. The second kappa shape index (κ2) is 5.71. The fourth-order valence-electron chi connectivity index (χ4n) is 4.05. The van der Waals surface area contributed by atoms with Crippen molar-refractivity contribution in [2.75, 3.05) is 20.2 Å². The number of rotatable bonds is 3. The van der Waals surface area contributed by atoms with Crippen LogP contribution in [-0.4, -0.2) is 43.3 Å². The van der Waals surface area contributed by atoms with Crippen molar-refractivity contribution in [2.45, 2.75) is 65.1 Å². The highest BCUT2D eigenvalue weighted by Crippen LogP contribution is 2.44. The summed E-state index contributed by atoms with van der Waals surface area (Å²) in [5.74, 6) is 1.36. The minimum absolute atomic E-state index is 0.342. The van der Waals surface area contributed by atoms with Crippen LogP contribution in [-0.2, 0) is 4.74 Å². The Hall–Kier alpha value is -0.120. The van der Waals surface area contributed by atoms with E-state index in [-0.39, 0.29) is 0 Å². The molecule has 5 unspecified atom stereocenters. The van der Waals surface area contributed by atoms with Crippen LogP contribution in [0, 0.1) is 17.3 Å². The van der Waals surface area contributed by atoms with Crippen molar-refractivity contribution in [3.05, 3.63) is 0 Å². The van der Waals surface area contributed by atoms with E-state index in [1.807, 2.05) is 0 Å². The van der Waals surface area contributed by atoms with E-state index in [9.17, 15) is 0 Å². The van der Waals surface area contributed by atoms with E-state index in [0.717, 1.165) is 12.5 Å². The number of likely N-dealkylation sites (N-methyl/N-ethyl adjacent to an activating group) is 1. The van der Waals surface area contributed by atoms with Crippen LogP contribution >= 0.6 is 0 Å². The molecule has 5 atom stereocenters. The van der Waals surface area contributed by atoms with Crippen LogP contribution in [0.3, 0.4) is 0 Å². The molecule has 1 saturated heterocycles. The van der Waals surface area contributed by atoms with Gasteiger partial charge in [0.25, 0.3) is 0 Å². The van der Waals surface area contributed by atoms with Crippen molar-refractivity contribution >= 4 is 0 Å². The van der Waals surface area contributed by atoms with Crippen LogP contribution in [0.1, 0.15) is 47.0 Å². The number of hydrogen-bond acceptors (Lipinski definition) is 3. The molecule has 1 saturated carbocycles. The summed E-state index contributed by atoms with van der Waals surface area (Å²) in [4.78, 5) is 2.54. The Labute approximate surface area is 118 Å². The number of nitrogens with zero attached hydrogens (tertiary/aromatic N) is 1. The maximum absolute atomic E-state index is 6.26. The Morgan fingerprint density at radius 2 is 1.89 bits per heavy atom. The molecule has 0 spiro atoms. The Bertz CT molecular complexity index is 305. The van der Waals surface area contributed by atoms with E-state index in [1.54, 1.807) is 0 Å². The molecule has 0 amide bonds. The van der Waals surface area contributed by atoms with E-state index < -0.39 is 0 Å². The molecule has 3 nitrogen and oxygen atoms in total.